The number of carbonyl (C=O) groups excluding carboxylic acids is 1. The number of rotatable bonds is 2. The molecule has 1 aliphatic heterocycles. The van der Waals surface area contributed by atoms with Gasteiger partial charge in [-0.1, -0.05) is 0 Å². The van der Waals surface area contributed by atoms with Crippen LogP contribution in [0.25, 0.3) is 0 Å². The van der Waals surface area contributed by atoms with Gasteiger partial charge in [-0.25, -0.2) is 4.79 Å². The van der Waals surface area contributed by atoms with E-state index in [4.69, 9.17) is 4.74 Å². The third kappa shape index (κ3) is 3.36. The van der Waals surface area contributed by atoms with Crippen LogP contribution in [0.1, 0.15) is 27.2 Å². The van der Waals surface area contributed by atoms with Gasteiger partial charge in [0.15, 0.2) is 0 Å². The molecule has 0 saturated carbocycles. The zero-order valence-electron chi connectivity index (χ0n) is 10.3. The Morgan fingerprint density at radius 1 is 1.50 bits per heavy atom. The number of ether oxygens (including phenoxy) is 1. The Kier molecular flexibility index (Phi) is 3.72. The van der Waals surface area contributed by atoms with Crippen LogP contribution in [0.5, 0.6) is 0 Å². The number of carbonyl (C=O) groups is 1. The average Bonchev–Trinajstić information content (AvgIpc) is 2.61. The first-order valence-corrected chi connectivity index (χ1v) is 5.37. The summed E-state index contributed by atoms with van der Waals surface area (Å²) in [5.74, 6) is 0. The van der Waals surface area contributed by atoms with Gasteiger partial charge in [-0.2, -0.15) is 0 Å². The normalized spacial score (nSPS) is 20.8. The van der Waals surface area contributed by atoms with Gasteiger partial charge < -0.3 is 9.64 Å². The van der Waals surface area contributed by atoms with Crippen LogP contribution in [0.2, 0.25) is 0 Å². The molecule has 0 radical (unpaired) electrons. The van der Waals surface area contributed by atoms with Crippen molar-refractivity contribution in [2.24, 2.45) is 5.29 Å². The molecule has 6 heteroatoms. The van der Waals surface area contributed by atoms with E-state index < -0.39 is 5.60 Å². The molecule has 0 aromatic heterocycles. The van der Waals surface area contributed by atoms with E-state index in [0.717, 1.165) is 6.42 Å². The number of amides is 1. The van der Waals surface area contributed by atoms with Crippen molar-refractivity contribution in [1.29, 1.82) is 0 Å². The lowest BCUT2D eigenvalue weighted by atomic mass is 10.2. The maximum absolute atomic E-state index is 11.7. The van der Waals surface area contributed by atoms with Crippen molar-refractivity contribution in [3.8, 4) is 0 Å². The molecular formula is C10H19N3O3. The van der Waals surface area contributed by atoms with Crippen LogP contribution in [-0.4, -0.2) is 47.8 Å². The van der Waals surface area contributed by atoms with Gasteiger partial charge in [-0.3, -0.25) is 5.01 Å². The number of nitrogens with zero attached hydrogens (tertiary/aromatic N) is 3. The Bertz CT molecular complexity index is 275. The van der Waals surface area contributed by atoms with Gasteiger partial charge >= 0.3 is 6.09 Å². The zero-order chi connectivity index (χ0) is 12.3. The molecule has 0 aromatic rings. The van der Waals surface area contributed by atoms with E-state index in [1.54, 1.807) is 7.05 Å². The van der Waals surface area contributed by atoms with Crippen LogP contribution in [-0.2, 0) is 4.74 Å². The van der Waals surface area contributed by atoms with Gasteiger partial charge in [0.1, 0.15) is 5.60 Å². The summed E-state index contributed by atoms with van der Waals surface area (Å²) in [6.45, 7) is 6.56. The molecule has 92 valence electrons. The fourth-order valence-electron chi connectivity index (χ4n) is 1.60. The van der Waals surface area contributed by atoms with E-state index in [0.29, 0.717) is 13.1 Å². The van der Waals surface area contributed by atoms with E-state index in [2.05, 4.69) is 5.29 Å². The first-order chi connectivity index (χ1) is 7.33. The number of likely N-dealkylation sites (N-methyl/N-ethyl adjacent to an activating group) is 1. The summed E-state index contributed by atoms with van der Waals surface area (Å²) >= 11 is 0. The number of hydrogen-bond donors (Lipinski definition) is 0. The van der Waals surface area contributed by atoms with Crippen molar-refractivity contribution < 1.29 is 9.53 Å². The second kappa shape index (κ2) is 4.67. The van der Waals surface area contributed by atoms with Gasteiger partial charge in [-0.15, -0.1) is 4.91 Å². The highest BCUT2D eigenvalue weighted by Gasteiger charge is 2.30. The molecule has 1 heterocycles. The predicted molar refractivity (Wildman–Crippen MR) is 59.8 cm³/mol. The quantitative estimate of drug-likeness (QED) is 0.675. The Morgan fingerprint density at radius 3 is 2.56 bits per heavy atom. The van der Waals surface area contributed by atoms with Crippen molar-refractivity contribution in [2.45, 2.75) is 38.8 Å². The fraction of sp³-hybridized carbons (Fsp3) is 0.900. The first kappa shape index (κ1) is 12.7. The molecule has 1 fully saturated rings. The monoisotopic (exact) mass is 229 g/mol. The van der Waals surface area contributed by atoms with Crippen LogP contribution in [0.15, 0.2) is 5.29 Å². The topological polar surface area (TPSA) is 62.2 Å². The van der Waals surface area contributed by atoms with Gasteiger partial charge in [0.25, 0.3) is 0 Å². The molecule has 1 unspecified atom stereocenters. The minimum Gasteiger partial charge on any atom is -0.444 e. The Labute approximate surface area is 95.5 Å². The lowest BCUT2D eigenvalue weighted by molar-refractivity contribution is 0.0229. The van der Waals surface area contributed by atoms with Crippen molar-refractivity contribution in [3.05, 3.63) is 4.91 Å². The number of nitroso groups, excluding NO2 is 1. The van der Waals surface area contributed by atoms with Crippen LogP contribution < -0.4 is 0 Å². The minimum atomic E-state index is -0.494. The summed E-state index contributed by atoms with van der Waals surface area (Å²) in [6.07, 6.45) is 0.395. The van der Waals surface area contributed by atoms with Gasteiger partial charge in [-0.05, 0) is 27.2 Å². The van der Waals surface area contributed by atoms with Crippen LogP contribution in [0, 0.1) is 4.91 Å². The molecule has 1 saturated heterocycles. The fourth-order valence-corrected chi connectivity index (χ4v) is 1.60. The second-order valence-electron chi connectivity index (χ2n) is 5.03. The van der Waals surface area contributed by atoms with Crippen molar-refractivity contribution in [2.75, 3.05) is 20.1 Å². The Morgan fingerprint density at radius 2 is 2.12 bits per heavy atom. The number of hydrogen-bond acceptors (Lipinski definition) is 4. The largest absolute Gasteiger partial charge is 0.444 e. The minimum absolute atomic E-state index is 0.00699. The molecule has 1 rings (SSSR count). The van der Waals surface area contributed by atoms with Gasteiger partial charge in [0.2, 0.25) is 0 Å². The highest BCUT2D eigenvalue weighted by atomic mass is 16.6. The summed E-state index contributed by atoms with van der Waals surface area (Å²) in [7, 11) is 1.69. The molecule has 6 nitrogen and oxygen atoms in total. The summed E-state index contributed by atoms with van der Waals surface area (Å²) in [5.41, 5.74) is -0.494. The summed E-state index contributed by atoms with van der Waals surface area (Å²) in [6, 6.07) is 0.00699. The summed E-state index contributed by atoms with van der Waals surface area (Å²) in [5, 5.41) is 4.28. The van der Waals surface area contributed by atoms with Gasteiger partial charge in [0, 0.05) is 13.6 Å². The maximum atomic E-state index is 11.7. The molecule has 1 aliphatic rings. The molecular weight excluding hydrogens is 210 g/mol. The first-order valence-electron chi connectivity index (χ1n) is 5.37. The third-order valence-corrected chi connectivity index (χ3v) is 2.49. The Hall–Kier alpha value is -1.33. The van der Waals surface area contributed by atoms with E-state index >= 15 is 0 Å². The van der Waals surface area contributed by atoms with Gasteiger partial charge in [0.05, 0.1) is 17.9 Å². The van der Waals surface area contributed by atoms with Crippen LogP contribution >= 0.6 is 0 Å². The zero-order valence-corrected chi connectivity index (χ0v) is 10.3. The molecule has 0 aromatic carbocycles. The SMILES string of the molecule is CN(C(=O)OC(C)(C)C)C1CCN(N=O)C1. The van der Waals surface area contributed by atoms with Crippen LogP contribution in [0.4, 0.5) is 4.79 Å². The van der Waals surface area contributed by atoms with Crippen molar-refractivity contribution in [1.82, 2.24) is 9.91 Å². The summed E-state index contributed by atoms with van der Waals surface area (Å²) < 4.78 is 5.24. The smallest absolute Gasteiger partial charge is 0.410 e. The molecule has 0 N–H and O–H groups in total. The molecule has 1 amide bonds. The van der Waals surface area contributed by atoms with Crippen molar-refractivity contribution in [3.63, 3.8) is 0 Å². The highest BCUT2D eigenvalue weighted by molar-refractivity contribution is 5.68. The van der Waals surface area contributed by atoms with E-state index in [1.165, 1.54) is 9.91 Å². The lowest BCUT2D eigenvalue weighted by Crippen LogP contribution is -2.41. The van der Waals surface area contributed by atoms with E-state index in [-0.39, 0.29) is 12.1 Å². The van der Waals surface area contributed by atoms with E-state index in [1.807, 2.05) is 20.8 Å². The molecule has 16 heavy (non-hydrogen) atoms. The predicted octanol–water partition coefficient (Wildman–Crippen LogP) is 1.61. The molecule has 0 bridgehead atoms. The second-order valence-corrected chi connectivity index (χ2v) is 5.03. The van der Waals surface area contributed by atoms with Crippen LogP contribution in [0.3, 0.4) is 0 Å². The lowest BCUT2D eigenvalue weighted by Gasteiger charge is -2.28. The molecule has 1 atom stereocenters. The molecule has 0 aliphatic carbocycles. The average molecular weight is 229 g/mol. The Balaban J connectivity index is 2.49. The summed E-state index contributed by atoms with van der Waals surface area (Å²) in [4.78, 5) is 23.6. The van der Waals surface area contributed by atoms with Crippen molar-refractivity contribution >= 4 is 6.09 Å². The standard InChI is InChI=1S/C10H19N3O3/c1-10(2,3)16-9(14)12(4)8-5-6-13(7-8)11-15/h8H,5-7H2,1-4H3. The molecule has 0 spiro atoms. The third-order valence-electron chi connectivity index (χ3n) is 2.49. The maximum Gasteiger partial charge on any atom is 0.410 e. The highest BCUT2D eigenvalue weighted by Crippen LogP contribution is 2.17. The van der Waals surface area contributed by atoms with E-state index in [9.17, 15) is 9.70 Å².